The number of carbonyl (C=O) groups is 2. The Morgan fingerprint density at radius 2 is 1.85 bits per heavy atom. The molecule has 0 spiro atoms. The van der Waals surface area contributed by atoms with E-state index in [1.165, 1.54) is 6.42 Å². The molecule has 20 heavy (non-hydrogen) atoms. The lowest BCUT2D eigenvalue weighted by Crippen LogP contribution is -2.52. The maximum absolute atomic E-state index is 12.5. The maximum atomic E-state index is 12.5. The average Bonchev–Trinajstić information content (AvgIpc) is 2.46. The van der Waals surface area contributed by atoms with Gasteiger partial charge in [0.15, 0.2) is 0 Å². The Labute approximate surface area is 120 Å². The van der Waals surface area contributed by atoms with Gasteiger partial charge in [-0.1, -0.05) is 13.8 Å². The Hall–Kier alpha value is -1.26. The number of carboxylic acids is 1. The first-order valence-electron chi connectivity index (χ1n) is 7.76. The molecule has 1 unspecified atom stereocenters. The van der Waals surface area contributed by atoms with E-state index in [9.17, 15) is 14.7 Å². The van der Waals surface area contributed by atoms with Gasteiger partial charge in [-0.05, 0) is 38.0 Å². The normalized spacial score (nSPS) is 26.4. The van der Waals surface area contributed by atoms with Crippen LogP contribution in [0.5, 0.6) is 0 Å². The number of rotatable bonds is 2. The summed E-state index contributed by atoms with van der Waals surface area (Å²) in [6, 6.07) is 0.103. The molecule has 0 aromatic heterocycles. The third-order valence-corrected chi connectivity index (χ3v) is 5.05. The predicted octanol–water partition coefficient (Wildman–Crippen LogP) is 2.42. The van der Waals surface area contributed by atoms with Crippen molar-refractivity contribution >= 4 is 12.0 Å². The molecular weight excluding hydrogens is 256 g/mol. The summed E-state index contributed by atoms with van der Waals surface area (Å²) in [6.07, 6.45) is 4.07. The van der Waals surface area contributed by atoms with E-state index < -0.39 is 11.4 Å². The first-order valence-corrected chi connectivity index (χ1v) is 7.76. The minimum atomic E-state index is -0.710. The second-order valence-electron chi connectivity index (χ2n) is 6.40. The zero-order chi connectivity index (χ0) is 14.8. The minimum Gasteiger partial charge on any atom is -0.481 e. The fourth-order valence-electron chi connectivity index (χ4n) is 3.41. The van der Waals surface area contributed by atoms with Crippen LogP contribution >= 0.6 is 0 Å². The van der Waals surface area contributed by atoms with E-state index in [-0.39, 0.29) is 6.03 Å². The molecule has 2 aliphatic heterocycles. The van der Waals surface area contributed by atoms with Crippen LogP contribution in [-0.2, 0) is 4.79 Å². The lowest BCUT2D eigenvalue weighted by Gasteiger charge is -2.41. The highest BCUT2D eigenvalue weighted by molar-refractivity contribution is 5.77. The number of aliphatic carboxylic acids is 1. The summed E-state index contributed by atoms with van der Waals surface area (Å²) in [6.45, 7) is 6.94. The molecule has 5 heteroatoms. The fraction of sp³-hybridized carbons (Fsp3) is 0.867. The second kappa shape index (κ2) is 6.02. The van der Waals surface area contributed by atoms with Crippen LogP contribution in [0.1, 0.15) is 46.0 Å². The van der Waals surface area contributed by atoms with Crippen LogP contribution in [0.2, 0.25) is 0 Å². The Bertz CT molecular complexity index is 375. The highest BCUT2D eigenvalue weighted by atomic mass is 16.4. The topological polar surface area (TPSA) is 60.9 Å². The van der Waals surface area contributed by atoms with Crippen molar-refractivity contribution in [1.82, 2.24) is 9.80 Å². The molecule has 0 radical (unpaired) electrons. The van der Waals surface area contributed by atoms with Crippen molar-refractivity contribution in [2.24, 2.45) is 11.3 Å². The SMILES string of the molecule is CCC1(C(=O)O)CCN(C(=O)N2CCCC(C)C2)CC1. The molecule has 0 aromatic carbocycles. The van der Waals surface area contributed by atoms with E-state index in [4.69, 9.17) is 0 Å². The first kappa shape index (κ1) is 15.1. The highest BCUT2D eigenvalue weighted by Gasteiger charge is 2.41. The molecule has 1 N–H and O–H groups in total. The van der Waals surface area contributed by atoms with Crippen LogP contribution < -0.4 is 0 Å². The molecule has 2 aliphatic rings. The van der Waals surface area contributed by atoms with Crippen molar-refractivity contribution in [2.45, 2.75) is 46.0 Å². The first-order chi connectivity index (χ1) is 9.48. The smallest absolute Gasteiger partial charge is 0.320 e. The van der Waals surface area contributed by atoms with Gasteiger partial charge in [0.05, 0.1) is 5.41 Å². The Morgan fingerprint density at radius 3 is 2.35 bits per heavy atom. The number of likely N-dealkylation sites (tertiary alicyclic amines) is 2. The van der Waals surface area contributed by atoms with E-state index in [1.54, 1.807) is 0 Å². The van der Waals surface area contributed by atoms with E-state index >= 15 is 0 Å². The van der Waals surface area contributed by atoms with Crippen molar-refractivity contribution in [2.75, 3.05) is 26.2 Å². The Balaban J connectivity index is 1.93. The summed E-state index contributed by atoms with van der Waals surface area (Å²) < 4.78 is 0. The number of hydrogen-bond donors (Lipinski definition) is 1. The molecular formula is C15H26N2O3. The monoisotopic (exact) mass is 282 g/mol. The fourth-order valence-corrected chi connectivity index (χ4v) is 3.41. The average molecular weight is 282 g/mol. The standard InChI is InChI=1S/C15H26N2O3/c1-3-15(13(18)19)6-9-16(10-7-15)14(20)17-8-4-5-12(2)11-17/h12H,3-11H2,1-2H3,(H,18,19). The van der Waals surface area contributed by atoms with E-state index in [0.717, 1.165) is 19.5 Å². The molecule has 2 fully saturated rings. The van der Waals surface area contributed by atoms with Crippen molar-refractivity contribution in [1.29, 1.82) is 0 Å². The molecule has 5 nitrogen and oxygen atoms in total. The van der Waals surface area contributed by atoms with Crippen LogP contribution in [0.25, 0.3) is 0 Å². The number of nitrogens with zero attached hydrogens (tertiary/aromatic N) is 2. The number of carboxylic acid groups (broad SMARTS) is 1. The zero-order valence-corrected chi connectivity index (χ0v) is 12.6. The van der Waals surface area contributed by atoms with Gasteiger partial charge >= 0.3 is 12.0 Å². The van der Waals surface area contributed by atoms with Gasteiger partial charge in [0.2, 0.25) is 0 Å². The van der Waals surface area contributed by atoms with E-state index in [1.807, 2.05) is 16.7 Å². The lowest BCUT2D eigenvalue weighted by atomic mass is 9.76. The van der Waals surface area contributed by atoms with Crippen LogP contribution in [0, 0.1) is 11.3 Å². The Morgan fingerprint density at radius 1 is 1.20 bits per heavy atom. The van der Waals surface area contributed by atoms with Crippen molar-refractivity contribution < 1.29 is 14.7 Å². The molecule has 1 atom stereocenters. The molecule has 0 bridgehead atoms. The van der Waals surface area contributed by atoms with Crippen LogP contribution in [0.3, 0.4) is 0 Å². The quantitative estimate of drug-likeness (QED) is 0.846. The van der Waals surface area contributed by atoms with Crippen LogP contribution in [0.4, 0.5) is 4.79 Å². The number of hydrogen-bond acceptors (Lipinski definition) is 2. The van der Waals surface area contributed by atoms with E-state index in [2.05, 4.69) is 6.92 Å². The largest absolute Gasteiger partial charge is 0.481 e. The molecule has 0 saturated carbocycles. The predicted molar refractivity (Wildman–Crippen MR) is 76.5 cm³/mol. The maximum Gasteiger partial charge on any atom is 0.320 e. The van der Waals surface area contributed by atoms with Crippen molar-refractivity contribution in [3.8, 4) is 0 Å². The molecule has 2 rings (SSSR count). The highest BCUT2D eigenvalue weighted by Crippen LogP contribution is 2.35. The Kier molecular flexibility index (Phi) is 4.55. The van der Waals surface area contributed by atoms with E-state index in [0.29, 0.717) is 38.3 Å². The zero-order valence-electron chi connectivity index (χ0n) is 12.6. The molecule has 0 aromatic rings. The van der Waals surface area contributed by atoms with Crippen molar-refractivity contribution in [3.05, 3.63) is 0 Å². The summed E-state index contributed by atoms with van der Waals surface area (Å²) in [4.78, 5) is 27.7. The summed E-state index contributed by atoms with van der Waals surface area (Å²) in [5.41, 5.74) is -0.619. The molecule has 0 aliphatic carbocycles. The van der Waals surface area contributed by atoms with Gasteiger partial charge in [0.25, 0.3) is 0 Å². The molecule has 2 heterocycles. The lowest BCUT2D eigenvalue weighted by molar-refractivity contribution is -0.152. The van der Waals surface area contributed by atoms with Gasteiger partial charge in [0.1, 0.15) is 0 Å². The van der Waals surface area contributed by atoms with Gasteiger partial charge in [-0.3, -0.25) is 4.79 Å². The third-order valence-electron chi connectivity index (χ3n) is 5.05. The number of amides is 2. The summed E-state index contributed by atoms with van der Waals surface area (Å²) >= 11 is 0. The molecule has 2 amide bonds. The van der Waals surface area contributed by atoms with Gasteiger partial charge in [-0.25, -0.2) is 4.79 Å². The van der Waals surface area contributed by atoms with Crippen LogP contribution in [0.15, 0.2) is 0 Å². The summed E-state index contributed by atoms with van der Waals surface area (Å²) in [5.74, 6) is -0.134. The second-order valence-corrected chi connectivity index (χ2v) is 6.40. The van der Waals surface area contributed by atoms with Gasteiger partial charge < -0.3 is 14.9 Å². The molecule has 2 saturated heterocycles. The van der Waals surface area contributed by atoms with Gasteiger partial charge in [0, 0.05) is 26.2 Å². The minimum absolute atomic E-state index is 0.103. The van der Waals surface area contributed by atoms with Crippen LogP contribution in [-0.4, -0.2) is 53.1 Å². The summed E-state index contributed by atoms with van der Waals surface area (Å²) in [5, 5.41) is 9.38. The summed E-state index contributed by atoms with van der Waals surface area (Å²) in [7, 11) is 0. The number of urea groups is 1. The van der Waals surface area contributed by atoms with Crippen molar-refractivity contribution in [3.63, 3.8) is 0 Å². The number of piperidine rings is 2. The molecule has 114 valence electrons. The third kappa shape index (κ3) is 2.91. The van der Waals surface area contributed by atoms with Gasteiger partial charge in [-0.2, -0.15) is 0 Å². The van der Waals surface area contributed by atoms with Gasteiger partial charge in [-0.15, -0.1) is 0 Å². The number of carbonyl (C=O) groups excluding carboxylic acids is 1.